The summed E-state index contributed by atoms with van der Waals surface area (Å²) in [5, 5.41) is 10.5. The van der Waals surface area contributed by atoms with Crippen LogP contribution in [0.4, 0.5) is 0 Å². The number of carbonyl (C=O) groups is 4. The zero-order valence-corrected chi connectivity index (χ0v) is 56.7. The van der Waals surface area contributed by atoms with E-state index in [9.17, 15) is 43.2 Å². The monoisotopic (exact) mass is 1250 g/mol. The second-order valence-corrected chi connectivity index (χ2v) is 27.7. The van der Waals surface area contributed by atoms with Crippen molar-refractivity contribution < 1.29 is 80.2 Å². The Balaban J connectivity index is 5.12. The van der Waals surface area contributed by atoms with Gasteiger partial charge in [0, 0.05) is 25.7 Å². The van der Waals surface area contributed by atoms with Crippen LogP contribution in [0.5, 0.6) is 0 Å². The van der Waals surface area contributed by atoms with E-state index < -0.39 is 97.5 Å². The Morgan fingerprint density at radius 2 is 0.541 bits per heavy atom. The van der Waals surface area contributed by atoms with Crippen LogP contribution in [-0.2, 0) is 65.4 Å². The number of unbranched alkanes of at least 4 members (excludes halogenated alkanes) is 35. The zero-order chi connectivity index (χ0) is 62.9. The van der Waals surface area contributed by atoms with Crippen molar-refractivity contribution in [2.24, 2.45) is 11.8 Å². The third-order valence-corrected chi connectivity index (χ3v) is 17.1. The van der Waals surface area contributed by atoms with E-state index in [0.29, 0.717) is 31.6 Å². The van der Waals surface area contributed by atoms with Gasteiger partial charge in [0.1, 0.15) is 19.3 Å². The number of aliphatic hydroxyl groups is 1. The highest BCUT2D eigenvalue weighted by Crippen LogP contribution is 2.45. The van der Waals surface area contributed by atoms with E-state index in [2.05, 4.69) is 41.5 Å². The van der Waals surface area contributed by atoms with E-state index in [1.54, 1.807) is 0 Å². The van der Waals surface area contributed by atoms with E-state index in [0.717, 1.165) is 102 Å². The fraction of sp³-hybridized carbons (Fsp3) is 0.939. The van der Waals surface area contributed by atoms with Crippen molar-refractivity contribution in [3.8, 4) is 0 Å². The lowest BCUT2D eigenvalue weighted by Gasteiger charge is -2.21. The molecule has 2 unspecified atom stereocenters. The van der Waals surface area contributed by atoms with Gasteiger partial charge in [-0.1, -0.05) is 279 Å². The standard InChI is InChI=1S/C66H128O17P2/c1-7-9-11-13-14-15-22-26-31-37-43-49-64(69)77-55-62(83-65(70)50-44-38-32-27-24-21-19-17-16-18-20-23-25-29-35-40-46-58(3)4)57-81-85(74,75)79-53-60(67)52-78-84(72,73)80-56-61(54-76-63(68)48-42-34-12-10-8-2)82-66(71)51-45-39-33-28-30-36-41-47-59(5)6/h58-62,67H,7-57H2,1-6H3,(H,72,73)(H,74,75)/t60-,61+,62+/m0/s1. The van der Waals surface area contributed by atoms with Crippen molar-refractivity contribution in [1.82, 2.24) is 0 Å². The Hall–Kier alpha value is -1.94. The molecule has 17 nitrogen and oxygen atoms in total. The van der Waals surface area contributed by atoms with E-state index in [4.69, 9.17) is 37.0 Å². The maximum atomic E-state index is 13.0. The minimum Gasteiger partial charge on any atom is -0.462 e. The topological polar surface area (TPSA) is 237 Å². The molecule has 0 rings (SSSR count). The first-order valence-corrected chi connectivity index (χ1v) is 37.5. The fourth-order valence-corrected chi connectivity index (χ4v) is 11.5. The van der Waals surface area contributed by atoms with Crippen LogP contribution in [0.15, 0.2) is 0 Å². The number of carbonyl (C=O) groups excluding carboxylic acids is 4. The minimum absolute atomic E-state index is 0.102. The second kappa shape index (κ2) is 58.4. The van der Waals surface area contributed by atoms with Gasteiger partial charge in [-0.15, -0.1) is 0 Å². The van der Waals surface area contributed by atoms with Gasteiger partial charge in [0.25, 0.3) is 0 Å². The first-order valence-electron chi connectivity index (χ1n) is 34.5. The van der Waals surface area contributed by atoms with Crippen LogP contribution < -0.4 is 0 Å². The molecule has 0 bridgehead atoms. The second-order valence-electron chi connectivity index (χ2n) is 24.8. The summed E-state index contributed by atoms with van der Waals surface area (Å²) >= 11 is 0. The van der Waals surface area contributed by atoms with Crippen LogP contribution in [-0.4, -0.2) is 96.7 Å². The Morgan fingerprint density at radius 1 is 0.318 bits per heavy atom. The molecule has 0 aromatic heterocycles. The first kappa shape index (κ1) is 83.1. The van der Waals surface area contributed by atoms with Crippen LogP contribution in [0.25, 0.3) is 0 Å². The average molecular weight is 1260 g/mol. The number of hydrogen-bond donors (Lipinski definition) is 3. The molecule has 3 N–H and O–H groups in total. The lowest BCUT2D eigenvalue weighted by Crippen LogP contribution is -2.30. The first-order chi connectivity index (χ1) is 40.9. The molecule has 19 heteroatoms. The number of phosphoric ester groups is 2. The molecular formula is C66H128O17P2. The quantitative estimate of drug-likeness (QED) is 0.0222. The summed E-state index contributed by atoms with van der Waals surface area (Å²) in [5.74, 6) is -0.638. The SMILES string of the molecule is CCCCCCCCCCCCCC(=O)OC[C@H](COP(=O)(O)OC[C@@H](O)COP(=O)(O)OC[C@@H](COC(=O)CCCCCCC)OC(=O)CCCCCCCCCC(C)C)OC(=O)CCCCCCCCCCCCCCCCCCC(C)C. The van der Waals surface area contributed by atoms with Crippen molar-refractivity contribution in [2.75, 3.05) is 39.6 Å². The summed E-state index contributed by atoms with van der Waals surface area (Å²) in [4.78, 5) is 72.0. The van der Waals surface area contributed by atoms with Crippen LogP contribution in [0.3, 0.4) is 0 Å². The van der Waals surface area contributed by atoms with Crippen molar-refractivity contribution in [1.29, 1.82) is 0 Å². The van der Waals surface area contributed by atoms with Gasteiger partial charge >= 0.3 is 39.5 Å². The van der Waals surface area contributed by atoms with Crippen molar-refractivity contribution in [3.63, 3.8) is 0 Å². The molecule has 0 aliphatic rings. The Morgan fingerprint density at radius 3 is 0.800 bits per heavy atom. The summed E-state index contributed by atoms with van der Waals surface area (Å²) in [5.41, 5.74) is 0. The van der Waals surface area contributed by atoms with Gasteiger partial charge in [0.05, 0.1) is 26.4 Å². The molecule has 0 aliphatic heterocycles. The van der Waals surface area contributed by atoms with E-state index >= 15 is 0 Å². The maximum absolute atomic E-state index is 13.0. The molecule has 0 amide bonds. The van der Waals surface area contributed by atoms with Crippen LogP contribution in [0.1, 0.15) is 330 Å². The fourth-order valence-electron chi connectivity index (χ4n) is 9.88. The third-order valence-electron chi connectivity index (χ3n) is 15.2. The molecule has 0 radical (unpaired) electrons. The number of phosphoric acid groups is 2. The zero-order valence-electron chi connectivity index (χ0n) is 54.9. The number of hydrogen-bond acceptors (Lipinski definition) is 15. The van der Waals surface area contributed by atoms with Crippen molar-refractivity contribution >= 4 is 39.5 Å². The summed E-state index contributed by atoms with van der Waals surface area (Å²) in [6.45, 7) is 9.39. The predicted octanol–water partition coefficient (Wildman–Crippen LogP) is 18.4. The van der Waals surface area contributed by atoms with Gasteiger partial charge in [0.2, 0.25) is 0 Å². The van der Waals surface area contributed by atoms with E-state index in [-0.39, 0.29) is 25.7 Å². The van der Waals surface area contributed by atoms with Gasteiger partial charge in [-0.2, -0.15) is 0 Å². The molecule has 5 atom stereocenters. The highest BCUT2D eigenvalue weighted by Gasteiger charge is 2.30. The van der Waals surface area contributed by atoms with Crippen LogP contribution in [0, 0.1) is 11.8 Å². The number of esters is 4. The number of aliphatic hydroxyl groups excluding tert-OH is 1. The largest absolute Gasteiger partial charge is 0.472 e. The third kappa shape index (κ3) is 60.7. The summed E-state index contributed by atoms with van der Waals surface area (Å²) in [6.07, 6.45) is 42.2. The van der Waals surface area contributed by atoms with Crippen molar-refractivity contribution in [3.05, 3.63) is 0 Å². The predicted molar refractivity (Wildman–Crippen MR) is 340 cm³/mol. The normalized spacial score (nSPS) is 14.2. The van der Waals surface area contributed by atoms with Gasteiger partial charge in [-0.25, -0.2) is 9.13 Å². The molecule has 0 aliphatic carbocycles. The van der Waals surface area contributed by atoms with E-state index in [1.807, 2.05) is 0 Å². The van der Waals surface area contributed by atoms with Gasteiger partial charge in [-0.05, 0) is 37.5 Å². The molecule has 504 valence electrons. The number of rotatable bonds is 65. The van der Waals surface area contributed by atoms with Crippen LogP contribution >= 0.6 is 15.6 Å². The molecule has 0 aromatic carbocycles. The molecule has 0 aromatic rings. The van der Waals surface area contributed by atoms with Crippen molar-refractivity contribution in [2.45, 2.75) is 349 Å². The highest BCUT2D eigenvalue weighted by molar-refractivity contribution is 7.47. The molecule has 0 heterocycles. The van der Waals surface area contributed by atoms with Gasteiger partial charge < -0.3 is 33.8 Å². The Bertz CT molecular complexity index is 1670. The number of ether oxygens (including phenoxy) is 4. The summed E-state index contributed by atoms with van der Waals surface area (Å²) in [7, 11) is -9.88. The summed E-state index contributed by atoms with van der Waals surface area (Å²) in [6, 6.07) is 0. The van der Waals surface area contributed by atoms with Gasteiger partial charge in [0.15, 0.2) is 12.2 Å². The maximum Gasteiger partial charge on any atom is 0.472 e. The summed E-state index contributed by atoms with van der Waals surface area (Å²) < 4.78 is 67.8. The van der Waals surface area contributed by atoms with Crippen LogP contribution in [0.2, 0.25) is 0 Å². The molecule has 0 saturated carbocycles. The van der Waals surface area contributed by atoms with Gasteiger partial charge in [-0.3, -0.25) is 37.3 Å². The average Bonchev–Trinajstić information content (AvgIpc) is 3.50. The molecule has 85 heavy (non-hydrogen) atoms. The Labute approximate surface area is 517 Å². The molecular weight excluding hydrogens is 1130 g/mol. The lowest BCUT2D eigenvalue weighted by atomic mass is 10.0. The Kier molecular flexibility index (Phi) is 57.1. The lowest BCUT2D eigenvalue weighted by molar-refractivity contribution is -0.161. The van der Waals surface area contributed by atoms with E-state index in [1.165, 1.54) is 141 Å². The molecule has 0 fully saturated rings. The smallest absolute Gasteiger partial charge is 0.462 e. The highest BCUT2D eigenvalue weighted by atomic mass is 31.2. The molecule has 0 saturated heterocycles. The minimum atomic E-state index is -4.94. The molecule has 0 spiro atoms.